The second kappa shape index (κ2) is 16.0. The van der Waals surface area contributed by atoms with Crippen molar-refractivity contribution in [2.45, 2.75) is 64.3 Å². The van der Waals surface area contributed by atoms with Gasteiger partial charge in [0, 0.05) is 0 Å². The van der Waals surface area contributed by atoms with Gasteiger partial charge in [-0.2, -0.15) is 0 Å². The van der Waals surface area contributed by atoms with E-state index in [9.17, 15) is 0 Å². The van der Waals surface area contributed by atoms with Gasteiger partial charge in [0.15, 0.2) is 12.6 Å². The standard InChI is InChI=1S/2C12H18O3/c2*1-10(13)12(14)15-9-5-8-11-6-3-2-4-7-11/h2*2-4,6-7,10,12-14H,5,8-9H2,1H3. The van der Waals surface area contributed by atoms with Crippen molar-refractivity contribution in [2.24, 2.45) is 0 Å². The number of ether oxygens (including phenoxy) is 2. The van der Waals surface area contributed by atoms with Crippen molar-refractivity contribution >= 4 is 0 Å². The molecule has 4 N–H and O–H groups in total. The Balaban J connectivity index is 0.000000300. The Kier molecular flexibility index (Phi) is 14.0. The molecule has 6 nitrogen and oxygen atoms in total. The number of benzene rings is 2. The highest BCUT2D eigenvalue weighted by Gasteiger charge is 2.10. The Hall–Kier alpha value is -1.80. The molecule has 0 spiro atoms. The maximum atomic E-state index is 9.15. The summed E-state index contributed by atoms with van der Waals surface area (Å²) in [5, 5.41) is 36.2. The van der Waals surface area contributed by atoms with Gasteiger partial charge in [-0.1, -0.05) is 60.7 Å². The first kappa shape index (κ1) is 26.2. The molecule has 0 aliphatic carbocycles. The molecule has 0 saturated heterocycles. The summed E-state index contributed by atoms with van der Waals surface area (Å²) >= 11 is 0. The van der Waals surface area contributed by atoms with Crippen molar-refractivity contribution in [3.63, 3.8) is 0 Å². The van der Waals surface area contributed by atoms with Crippen molar-refractivity contribution in [3.05, 3.63) is 71.8 Å². The quantitative estimate of drug-likeness (QED) is 0.311. The highest BCUT2D eigenvalue weighted by atomic mass is 16.6. The van der Waals surface area contributed by atoms with E-state index in [1.54, 1.807) is 0 Å². The molecule has 0 radical (unpaired) electrons. The summed E-state index contributed by atoms with van der Waals surface area (Å²) in [7, 11) is 0. The largest absolute Gasteiger partial charge is 0.388 e. The van der Waals surface area contributed by atoms with Crippen LogP contribution in [0.25, 0.3) is 0 Å². The van der Waals surface area contributed by atoms with Crippen LogP contribution in [0.4, 0.5) is 0 Å². The molecule has 0 saturated carbocycles. The van der Waals surface area contributed by atoms with Gasteiger partial charge in [-0.25, -0.2) is 0 Å². The third-order valence-corrected chi connectivity index (χ3v) is 4.31. The van der Waals surface area contributed by atoms with Crippen LogP contribution in [0.1, 0.15) is 37.8 Å². The van der Waals surface area contributed by atoms with Crippen molar-refractivity contribution in [2.75, 3.05) is 13.2 Å². The monoisotopic (exact) mass is 420 g/mol. The maximum Gasteiger partial charge on any atom is 0.180 e. The highest BCUT2D eigenvalue weighted by molar-refractivity contribution is 5.15. The van der Waals surface area contributed by atoms with Gasteiger partial charge in [-0.05, 0) is 50.7 Å². The van der Waals surface area contributed by atoms with Gasteiger partial charge >= 0.3 is 0 Å². The van der Waals surface area contributed by atoms with Crippen LogP contribution in [0, 0.1) is 0 Å². The van der Waals surface area contributed by atoms with E-state index in [0.717, 1.165) is 25.7 Å². The van der Waals surface area contributed by atoms with Crippen LogP contribution >= 0.6 is 0 Å². The minimum absolute atomic E-state index is 0.459. The average molecular weight is 421 g/mol. The Labute approximate surface area is 179 Å². The zero-order valence-electron chi connectivity index (χ0n) is 17.9. The SMILES string of the molecule is CC(O)C(O)OCCCc1ccccc1.CC(O)C(O)OCCCc1ccccc1. The molecule has 2 rings (SSSR count). The molecule has 4 unspecified atom stereocenters. The van der Waals surface area contributed by atoms with E-state index in [1.807, 2.05) is 36.4 Å². The summed E-state index contributed by atoms with van der Waals surface area (Å²) < 4.78 is 10.1. The van der Waals surface area contributed by atoms with Crippen LogP contribution in [0.3, 0.4) is 0 Å². The fraction of sp³-hybridized carbons (Fsp3) is 0.500. The normalized spacial score (nSPS) is 14.9. The van der Waals surface area contributed by atoms with E-state index in [1.165, 1.54) is 25.0 Å². The van der Waals surface area contributed by atoms with Crippen LogP contribution in [-0.4, -0.2) is 58.4 Å². The molecular weight excluding hydrogens is 384 g/mol. The van der Waals surface area contributed by atoms with Crippen LogP contribution in [0.5, 0.6) is 0 Å². The van der Waals surface area contributed by atoms with E-state index >= 15 is 0 Å². The first-order valence-corrected chi connectivity index (χ1v) is 10.4. The number of hydrogen-bond donors (Lipinski definition) is 4. The first-order chi connectivity index (χ1) is 14.4. The molecule has 0 heterocycles. The smallest absolute Gasteiger partial charge is 0.180 e. The number of aliphatic hydroxyl groups excluding tert-OH is 4. The number of hydrogen-bond acceptors (Lipinski definition) is 6. The molecular formula is C24H36O6. The fourth-order valence-corrected chi connectivity index (χ4v) is 2.53. The van der Waals surface area contributed by atoms with Crippen molar-refractivity contribution in [1.82, 2.24) is 0 Å². The summed E-state index contributed by atoms with van der Waals surface area (Å²) in [6, 6.07) is 20.2. The summed E-state index contributed by atoms with van der Waals surface area (Å²) in [6.45, 7) is 3.92. The lowest BCUT2D eigenvalue weighted by Crippen LogP contribution is -2.26. The maximum absolute atomic E-state index is 9.15. The van der Waals surface area contributed by atoms with E-state index in [-0.39, 0.29) is 0 Å². The molecule has 0 bridgehead atoms. The molecule has 4 atom stereocenters. The average Bonchev–Trinajstić information content (AvgIpc) is 2.75. The van der Waals surface area contributed by atoms with Crippen molar-refractivity contribution < 1.29 is 29.9 Å². The molecule has 0 amide bonds. The zero-order valence-corrected chi connectivity index (χ0v) is 17.9. The first-order valence-electron chi connectivity index (χ1n) is 10.4. The number of aliphatic hydroxyl groups is 4. The molecule has 168 valence electrons. The Bertz CT molecular complexity index is 575. The number of rotatable bonds is 12. The Morgan fingerprint density at radius 2 is 0.933 bits per heavy atom. The van der Waals surface area contributed by atoms with Crippen LogP contribution in [0.15, 0.2) is 60.7 Å². The van der Waals surface area contributed by atoms with E-state index in [0.29, 0.717) is 13.2 Å². The van der Waals surface area contributed by atoms with Gasteiger partial charge in [-0.15, -0.1) is 0 Å². The van der Waals surface area contributed by atoms with Gasteiger partial charge in [0.1, 0.15) is 12.2 Å². The highest BCUT2D eigenvalue weighted by Crippen LogP contribution is 2.05. The van der Waals surface area contributed by atoms with Gasteiger partial charge < -0.3 is 29.9 Å². The van der Waals surface area contributed by atoms with E-state index in [2.05, 4.69) is 24.3 Å². The zero-order chi connectivity index (χ0) is 22.2. The molecule has 2 aromatic rings. The van der Waals surface area contributed by atoms with Crippen LogP contribution in [-0.2, 0) is 22.3 Å². The number of aryl methyl sites for hydroxylation is 2. The Morgan fingerprint density at radius 3 is 1.23 bits per heavy atom. The van der Waals surface area contributed by atoms with Gasteiger partial charge in [0.2, 0.25) is 0 Å². The summed E-state index contributed by atoms with van der Waals surface area (Å²) in [5.74, 6) is 0. The predicted molar refractivity (Wildman–Crippen MR) is 117 cm³/mol. The lowest BCUT2D eigenvalue weighted by molar-refractivity contribution is -0.156. The van der Waals surface area contributed by atoms with Crippen molar-refractivity contribution in [1.29, 1.82) is 0 Å². The van der Waals surface area contributed by atoms with Crippen molar-refractivity contribution in [3.8, 4) is 0 Å². The van der Waals surface area contributed by atoms with Crippen LogP contribution < -0.4 is 0 Å². The minimum Gasteiger partial charge on any atom is -0.388 e. The van der Waals surface area contributed by atoms with E-state index < -0.39 is 24.8 Å². The second-order valence-corrected chi connectivity index (χ2v) is 7.18. The van der Waals surface area contributed by atoms with Gasteiger partial charge in [-0.3, -0.25) is 0 Å². The van der Waals surface area contributed by atoms with E-state index in [4.69, 9.17) is 29.9 Å². The molecule has 6 heteroatoms. The summed E-state index contributed by atoms with van der Waals surface area (Å²) in [4.78, 5) is 0. The second-order valence-electron chi connectivity index (χ2n) is 7.18. The minimum atomic E-state index is -1.07. The summed E-state index contributed by atoms with van der Waals surface area (Å²) in [6.07, 6.45) is -0.271. The molecule has 30 heavy (non-hydrogen) atoms. The molecule has 0 aliphatic rings. The molecule has 0 fully saturated rings. The van der Waals surface area contributed by atoms with Crippen LogP contribution in [0.2, 0.25) is 0 Å². The fourth-order valence-electron chi connectivity index (χ4n) is 2.53. The third-order valence-electron chi connectivity index (χ3n) is 4.31. The summed E-state index contributed by atoms with van der Waals surface area (Å²) in [5.41, 5.74) is 2.51. The third kappa shape index (κ3) is 12.7. The lowest BCUT2D eigenvalue weighted by atomic mass is 10.1. The molecule has 2 aromatic carbocycles. The van der Waals surface area contributed by atoms with Gasteiger partial charge in [0.25, 0.3) is 0 Å². The predicted octanol–water partition coefficient (Wildman–Crippen LogP) is 2.67. The van der Waals surface area contributed by atoms with Gasteiger partial charge in [0.05, 0.1) is 13.2 Å². The molecule has 0 aromatic heterocycles. The Morgan fingerprint density at radius 1 is 0.600 bits per heavy atom. The molecule has 0 aliphatic heterocycles. The topological polar surface area (TPSA) is 99.4 Å². The lowest BCUT2D eigenvalue weighted by Gasteiger charge is -2.14.